The van der Waals surface area contributed by atoms with Crippen molar-refractivity contribution in [2.24, 2.45) is 0 Å². The van der Waals surface area contributed by atoms with Crippen molar-refractivity contribution < 1.29 is 9.15 Å². The Labute approximate surface area is 201 Å². The molecule has 1 atom stereocenters. The third-order valence-electron chi connectivity index (χ3n) is 7.04. The fourth-order valence-corrected chi connectivity index (χ4v) is 5.16. The van der Waals surface area contributed by atoms with Crippen molar-refractivity contribution in [1.29, 1.82) is 0 Å². The molecule has 1 fully saturated rings. The number of aryl methyl sites for hydroxylation is 1. The molecule has 0 aliphatic heterocycles. The summed E-state index contributed by atoms with van der Waals surface area (Å²) < 4.78 is 12.4. The first kappa shape index (κ1) is 22.5. The van der Waals surface area contributed by atoms with Gasteiger partial charge in [0.2, 0.25) is 0 Å². The molecule has 34 heavy (non-hydrogen) atoms. The summed E-state index contributed by atoms with van der Waals surface area (Å²) in [4.78, 5) is 13.3. The molecule has 1 aliphatic carbocycles. The van der Waals surface area contributed by atoms with Crippen molar-refractivity contribution >= 4 is 11.0 Å². The van der Waals surface area contributed by atoms with E-state index < -0.39 is 0 Å². The van der Waals surface area contributed by atoms with Crippen LogP contribution in [0.1, 0.15) is 73.7 Å². The van der Waals surface area contributed by atoms with Crippen molar-refractivity contribution in [1.82, 2.24) is 0 Å². The van der Waals surface area contributed by atoms with E-state index in [1.54, 1.807) is 6.26 Å². The van der Waals surface area contributed by atoms with Crippen LogP contribution in [0.3, 0.4) is 0 Å². The minimum absolute atomic E-state index is 0.0732. The van der Waals surface area contributed by atoms with Gasteiger partial charge in [0.25, 0.3) is 0 Å². The summed E-state index contributed by atoms with van der Waals surface area (Å²) in [5, 5.41) is 0.622. The van der Waals surface area contributed by atoms with Crippen molar-refractivity contribution in [3.8, 4) is 5.75 Å². The lowest BCUT2D eigenvalue weighted by atomic mass is 9.84. The highest BCUT2D eigenvalue weighted by atomic mass is 16.5. The molecule has 0 radical (unpaired) electrons. The standard InChI is InChI=1S/C31H32O3/c32-31-27-21-26(19-20-30(27)33-22-28(31)24-14-6-2-7-15-24)34-29(25-16-8-3-9-17-25)18-10-13-23-11-4-1-5-12-23/h1,3-5,8-9,11-12,16-17,19-22,24,29H,2,6-7,10,13-15,18H2. The predicted octanol–water partition coefficient (Wildman–Crippen LogP) is 7.98. The van der Waals surface area contributed by atoms with Crippen LogP contribution in [-0.4, -0.2) is 0 Å². The second kappa shape index (κ2) is 10.7. The SMILES string of the molecule is O=c1c(C2CCCCC2)coc2ccc(OC(CCCc3ccccc3)c3ccccc3)cc12. The predicted molar refractivity (Wildman–Crippen MR) is 138 cm³/mol. The first-order valence-corrected chi connectivity index (χ1v) is 12.6. The second-order valence-electron chi connectivity index (χ2n) is 9.41. The largest absolute Gasteiger partial charge is 0.486 e. The van der Waals surface area contributed by atoms with E-state index in [1.165, 1.54) is 24.8 Å². The zero-order valence-electron chi connectivity index (χ0n) is 19.6. The lowest BCUT2D eigenvalue weighted by molar-refractivity contribution is 0.192. The van der Waals surface area contributed by atoms with E-state index in [2.05, 4.69) is 42.5 Å². The molecule has 1 saturated carbocycles. The van der Waals surface area contributed by atoms with Gasteiger partial charge in [0, 0.05) is 5.56 Å². The third kappa shape index (κ3) is 5.25. The van der Waals surface area contributed by atoms with Gasteiger partial charge in [0.15, 0.2) is 5.43 Å². The highest BCUT2D eigenvalue weighted by Gasteiger charge is 2.21. The van der Waals surface area contributed by atoms with Crippen LogP contribution in [0.25, 0.3) is 11.0 Å². The summed E-state index contributed by atoms with van der Waals surface area (Å²) >= 11 is 0. The molecule has 1 aromatic heterocycles. The van der Waals surface area contributed by atoms with Crippen LogP contribution in [0.2, 0.25) is 0 Å². The summed E-state index contributed by atoms with van der Waals surface area (Å²) in [7, 11) is 0. The molecular formula is C31H32O3. The molecule has 0 saturated heterocycles. The summed E-state index contributed by atoms with van der Waals surface area (Å²) in [5.74, 6) is 1.03. The third-order valence-corrected chi connectivity index (χ3v) is 7.04. The van der Waals surface area contributed by atoms with Crippen molar-refractivity contribution in [2.75, 3.05) is 0 Å². The van der Waals surface area contributed by atoms with Gasteiger partial charge < -0.3 is 9.15 Å². The zero-order chi connectivity index (χ0) is 23.2. The van der Waals surface area contributed by atoms with Crippen LogP contribution in [0.5, 0.6) is 5.75 Å². The van der Waals surface area contributed by atoms with Crippen LogP contribution in [0, 0.1) is 0 Å². The summed E-state index contributed by atoms with van der Waals surface area (Å²) in [5.41, 5.74) is 4.04. The van der Waals surface area contributed by atoms with Gasteiger partial charge in [-0.15, -0.1) is 0 Å². The van der Waals surface area contributed by atoms with E-state index in [-0.39, 0.29) is 11.5 Å². The summed E-state index contributed by atoms with van der Waals surface area (Å²) in [6.45, 7) is 0. The highest BCUT2D eigenvalue weighted by Crippen LogP contribution is 2.33. The highest BCUT2D eigenvalue weighted by molar-refractivity contribution is 5.78. The van der Waals surface area contributed by atoms with Crippen molar-refractivity contribution in [3.05, 3.63) is 112 Å². The number of benzene rings is 3. The van der Waals surface area contributed by atoms with E-state index in [9.17, 15) is 4.79 Å². The smallest absolute Gasteiger partial charge is 0.196 e. The van der Waals surface area contributed by atoms with Gasteiger partial charge in [-0.3, -0.25) is 4.79 Å². The molecule has 3 heteroatoms. The molecule has 1 heterocycles. The Morgan fingerprint density at radius 2 is 1.62 bits per heavy atom. The van der Waals surface area contributed by atoms with Crippen LogP contribution in [-0.2, 0) is 6.42 Å². The van der Waals surface area contributed by atoms with Gasteiger partial charge in [0.05, 0.1) is 11.6 Å². The molecule has 4 aromatic rings. The van der Waals surface area contributed by atoms with Crippen LogP contribution >= 0.6 is 0 Å². The number of rotatable bonds is 8. The molecule has 3 nitrogen and oxygen atoms in total. The number of hydrogen-bond donors (Lipinski definition) is 0. The zero-order valence-corrected chi connectivity index (χ0v) is 19.6. The van der Waals surface area contributed by atoms with Gasteiger partial charge in [-0.1, -0.05) is 79.9 Å². The van der Waals surface area contributed by atoms with E-state index in [4.69, 9.17) is 9.15 Å². The normalized spacial score (nSPS) is 15.3. The fraction of sp³-hybridized carbons (Fsp3) is 0.323. The van der Waals surface area contributed by atoms with Crippen LogP contribution < -0.4 is 10.2 Å². The van der Waals surface area contributed by atoms with Gasteiger partial charge in [-0.2, -0.15) is 0 Å². The molecule has 0 amide bonds. The van der Waals surface area contributed by atoms with Gasteiger partial charge in [-0.05, 0) is 67.3 Å². The number of hydrogen-bond acceptors (Lipinski definition) is 3. The van der Waals surface area contributed by atoms with Crippen molar-refractivity contribution in [3.63, 3.8) is 0 Å². The lowest BCUT2D eigenvalue weighted by Crippen LogP contribution is -2.16. The maximum atomic E-state index is 13.3. The monoisotopic (exact) mass is 452 g/mol. The maximum absolute atomic E-state index is 13.3. The molecule has 5 rings (SSSR count). The Morgan fingerprint density at radius 1 is 0.882 bits per heavy atom. The Hall–Kier alpha value is -3.33. The summed E-state index contributed by atoms with van der Waals surface area (Å²) in [6.07, 6.45) is 10.3. The molecule has 3 aromatic carbocycles. The molecule has 1 unspecified atom stereocenters. The quantitative estimate of drug-likeness (QED) is 0.272. The molecule has 174 valence electrons. The van der Waals surface area contributed by atoms with Gasteiger partial charge >= 0.3 is 0 Å². The van der Waals surface area contributed by atoms with Gasteiger partial charge in [0.1, 0.15) is 17.4 Å². The Balaban J connectivity index is 1.38. The summed E-state index contributed by atoms with van der Waals surface area (Å²) in [6, 6.07) is 26.6. The van der Waals surface area contributed by atoms with E-state index >= 15 is 0 Å². The van der Waals surface area contributed by atoms with Gasteiger partial charge in [-0.25, -0.2) is 0 Å². The second-order valence-corrected chi connectivity index (χ2v) is 9.41. The Bertz CT molecular complexity index is 1250. The maximum Gasteiger partial charge on any atom is 0.196 e. The topological polar surface area (TPSA) is 39.4 Å². The number of ether oxygens (including phenoxy) is 1. The van der Waals surface area contributed by atoms with Crippen molar-refractivity contribution in [2.45, 2.75) is 63.4 Å². The first-order valence-electron chi connectivity index (χ1n) is 12.6. The van der Waals surface area contributed by atoms with Crippen LogP contribution in [0.4, 0.5) is 0 Å². The van der Waals surface area contributed by atoms with E-state index in [1.807, 2.05) is 36.4 Å². The molecular weight excluding hydrogens is 420 g/mol. The first-order chi connectivity index (χ1) is 16.8. The molecule has 0 bridgehead atoms. The average Bonchev–Trinajstić information content (AvgIpc) is 2.90. The fourth-order valence-electron chi connectivity index (χ4n) is 5.16. The molecule has 1 aliphatic rings. The minimum atomic E-state index is -0.0732. The Morgan fingerprint density at radius 3 is 2.38 bits per heavy atom. The average molecular weight is 453 g/mol. The minimum Gasteiger partial charge on any atom is -0.486 e. The lowest BCUT2D eigenvalue weighted by Gasteiger charge is -2.21. The van der Waals surface area contributed by atoms with E-state index in [0.717, 1.165) is 43.2 Å². The number of fused-ring (bicyclic) bond motifs is 1. The van der Waals surface area contributed by atoms with Crippen LogP contribution in [0.15, 0.2) is 94.3 Å². The van der Waals surface area contributed by atoms with E-state index in [0.29, 0.717) is 22.6 Å². The Kier molecular flexibility index (Phi) is 7.09. The molecule has 0 spiro atoms. The molecule has 0 N–H and O–H groups in total.